The van der Waals surface area contributed by atoms with Gasteiger partial charge in [-0.25, -0.2) is 16.8 Å². The summed E-state index contributed by atoms with van der Waals surface area (Å²) >= 11 is 0. The van der Waals surface area contributed by atoms with Crippen LogP contribution in [0.25, 0.3) is 0 Å². The topological polar surface area (TPSA) is 92.8 Å². The zero-order valence-electron chi connectivity index (χ0n) is 15.1. The minimum Gasteiger partial charge on any atom is -0.497 e. The van der Waals surface area contributed by atoms with Crippen molar-refractivity contribution in [3.05, 3.63) is 54.1 Å². The lowest BCUT2D eigenvalue weighted by molar-refractivity contribution is 0.394. The molecule has 0 bridgehead atoms. The molecule has 146 valence electrons. The summed E-state index contributed by atoms with van der Waals surface area (Å²) in [4.78, 5) is 0.141. The number of methoxy groups -OCH3 is 1. The maximum atomic E-state index is 13.1. The summed E-state index contributed by atoms with van der Waals surface area (Å²) in [6.45, 7) is 0.447. The average molecular weight is 411 g/mol. The van der Waals surface area contributed by atoms with Gasteiger partial charge in [0.05, 0.1) is 24.3 Å². The summed E-state index contributed by atoms with van der Waals surface area (Å²) in [6.07, 6.45) is 2.57. The summed E-state index contributed by atoms with van der Waals surface area (Å²) < 4.78 is 57.8. The molecule has 3 rings (SSSR count). The molecule has 7 nitrogen and oxygen atoms in total. The van der Waals surface area contributed by atoms with E-state index in [2.05, 4.69) is 4.72 Å². The molecule has 1 N–H and O–H groups in total. The van der Waals surface area contributed by atoms with Gasteiger partial charge in [0.25, 0.3) is 0 Å². The molecule has 0 unspecified atom stereocenters. The van der Waals surface area contributed by atoms with Crippen LogP contribution < -0.4 is 9.46 Å². The summed E-state index contributed by atoms with van der Waals surface area (Å²) in [5, 5.41) is 0. The third-order valence-corrected chi connectivity index (χ3v) is 7.00. The van der Waals surface area contributed by atoms with Gasteiger partial charge in [0, 0.05) is 12.2 Å². The quantitative estimate of drug-likeness (QED) is 0.790. The van der Waals surface area contributed by atoms with E-state index in [-0.39, 0.29) is 10.9 Å². The summed E-state index contributed by atoms with van der Waals surface area (Å²) in [5.41, 5.74) is 1.25. The van der Waals surface area contributed by atoms with Gasteiger partial charge in [-0.05, 0) is 54.8 Å². The predicted molar refractivity (Wildman–Crippen MR) is 104 cm³/mol. The number of anilines is 1. The van der Waals surface area contributed by atoms with Crippen LogP contribution in [0.15, 0.2) is 53.4 Å². The fourth-order valence-corrected chi connectivity index (χ4v) is 5.48. The number of nitrogens with one attached hydrogen (secondary N) is 1. The molecular formula is C18H22N2O5S2. The van der Waals surface area contributed by atoms with Crippen molar-refractivity contribution in [3.8, 4) is 5.75 Å². The minimum atomic E-state index is -3.69. The fraction of sp³-hybridized carbons (Fsp3) is 0.333. The maximum Gasteiger partial charge on any atom is 0.243 e. The Balaban J connectivity index is 1.86. The molecule has 1 saturated heterocycles. The van der Waals surface area contributed by atoms with Crippen molar-refractivity contribution in [3.63, 3.8) is 0 Å². The zero-order valence-corrected chi connectivity index (χ0v) is 16.8. The average Bonchev–Trinajstić information content (AvgIpc) is 3.11. The number of sulfonamides is 2. The second kappa shape index (κ2) is 7.49. The molecule has 1 atom stereocenters. The first kappa shape index (κ1) is 19.7. The van der Waals surface area contributed by atoms with Crippen molar-refractivity contribution >= 4 is 25.7 Å². The van der Waals surface area contributed by atoms with E-state index in [4.69, 9.17) is 4.74 Å². The first-order chi connectivity index (χ1) is 12.7. The van der Waals surface area contributed by atoms with Gasteiger partial charge in [-0.15, -0.1) is 0 Å². The number of benzene rings is 2. The highest BCUT2D eigenvalue weighted by molar-refractivity contribution is 7.92. The number of ether oxygens (including phenoxy) is 1. The molecule has 0 aliphatic carbocycles. The van der Waals surface area contributed by atoms with Crippen molar-refractivity contribution in [2.24, 2.45) is 0 Å². The smallest absolute Gasteiger partial charge is 0.243 e. The van der Waals surface area contributed by atoms with Crippen LogP contribution in [-0.2, 0) is 20.0 Å². The Kier molecular flexibility index (Phi) is 5.45. The molecule has 27 heavy (non-hydrogen) atoms. The monoisotopic (exact) mass is 410 g/mol. The van der Waals surface area contributed by atoms with E-state index in [0.717, 1.165) is 30.4 Å². The van der Waals surface area contributed by atoms with Crippen LogP contribution >= 0.6 is 0 Å². The number of hydrogen-bond donors (Lipinski definition) is 1. The van der Waals surface area contributed by atoms with E-state index in [9.17, 15) is 16.8 Å². The molecule has 0 radical (unpaired) electrons. The highest BCUT2D eigenvalue weighted by Crippen LogP contribution is 2.37. The van der Waals surface area contributed by atoms with Crippen LogP contribution in [0.3, 0.4) is 0 Å². The minimum absolute atomic E-state index is 0.141. The molecule has 0 saturated carbocycles. The Hall–Kier alpha value is -2.10. The summed E-state index contributed by atoms with van der Waals surface area (Å²) in [5.74, 6) is 0.722. The normalized spacial score (nSPS) is 18.4. The third kappa shape index (κ3) is 4.42. The molecule has 1 aliphatic rings. The fourth-order valence-electron chi connectivity index (χ4n) is 3.23. The molecule has 0 amide bonds. The van der Waals surface area contributed by atoms with Crippen LogP contribution in [0.5, 0.6) is 5.75 Å². The highest BCUT2D eigenvalue weighted by Gasteiger charge is 2.36. The van der Waals surface area contributed by atoms with Gasteiger partial charge >= 0.3 is 0 Å². The van der Waals surface area contributed by atoms with E-state index in [1.165, 1.54) is 28.6 Å². The Morgan fingerprint density at radius 1 is 1.00 bits per heavy atom. The van der Waals surface area contributed by atoms with E-state index in [1.54, 1.807) is 7.11 Å². The van der Waals surface area contributed by atoms with E-state index in [1.807, 2.05) is 24.3 Å². The lowest BCUT2D eigenvalue weighted by Gasteiger charge is -2.24. The molecular weight excluding hydrogens is 388 g/mol. The van der Waals surface area contributed by atoms with Gasteiger partial charge in [0.1, 0.15) is 5.75 Å². The van der Waals surface area contributed by atoms with Crippen molar-refractivity contribution in [2.75, 3.05) is 24.6 Å². The Bertz CT molecular complexity index is 1000. The van der Waals surface area contributed by atoms with Gasteiger partial charge in [-0.1, -0.05) is 12.1 Å². The predicted octanol–water partition coefficient (Wildman–Crippen LogP) is 2.59. The van der Waals surface area contributed by atoms with E-state index in [0.29, 0.717) is 12.2 Å². The first-order valence-electron chi connectivity index (χ1n) is 8.44. The molecule has 2 aromatic carbocycles. The van der Waals surface area contributed by atoms with E-state index >= 15 is 0 Å². The van der Waals surface area contributed by atoms with Crippen molar-refractivity contribution in [1.82, 2.24) is 4.31 Å². The van der Waals surface area contributed by atoms with E-state index < -0.39 is 20.0 Å². The number of rotatable bonds is 6. The van der Waals surface area contributed by atoms with Crippen LogP contribution in [0.4, 0.5) is 5.69 Å². The van der Waals surface area contributed by atoms with Crippen molar-refractivity contribution in [1.29, 1.82) is 0 Å². The van der Waals surface area contributed by atoms with Gasteiger partial charge < -0.3 is 4.74 Å². The SMILES string of the molecule is COc1ccc([C@H]2CCCN2S(=O)(=O)c2ccc(NS(C)(=O)=O)cc2)cc1. The van der Waals surface area contributed by atoms with Crippen LogP contribution in [0.2, 0.25) is 0 Å². The third-order valence-electron chi connectivity index (χ3n) is 4.47. The number of nitrogens with zero attached hydrogens (tertiary/aromatic N) is 1. The molecule has 1 fully saturated rings. The second-order valence-corrected chi connectivity index (χ2v) is 10.1. The van der Waals surface area contributed by atoms with Crippen LogP contribution in [0.1, 0.15) is 24.4 Å². The molecule has 1 aliphatic heterocycles. The Morgan fingerprint density at radius 3 is 2.19 bits per heavy atom. The highest BCUT2D eigenvalue weighted by atomic mass is 32.2. The van der Waals surface area contributed by atoms with Gasteiger partial charge in [-0.2, -0.15) is 4.31 Å². The summed E-state index contributed by atoms with van der Waals surface area (Å²) in [7, 11) is -5.51. The molecule has 2 aromatic rings. The Labute approximate surface area is 160 Å². The van der Waals surface area contributed by atoms with Crippen molar-refractivity contribution in [2.45, 2.75) is 23.8 Å². The van der Waals surface area contributed by atoms with Gasteiger partial charge in [0.2, 0.25) is 20.0 Å². The summed E-state index contributed by atoms with van der Waals surface area (Å²) in [6, 6.07) is 12.9. The van der Waals surface area contributed by atoms with Crippen LogP contribution in [0, 0.1) is 0 Å². The lowest BCUT2D eigenvalue weighted by atomic mass is 10.1. The number of hydrogen-bond acceptors (Lipinski definition) is 5. The molecule has 9 heteroatoms. The zero-order chi connectivity index (χ0) is 19.7. The largest absolute Gasteiger partial charge is 0.497 e. The van der Waals surface area contributed by atoms with Crippen molar-refractivity contribution < 1.29 is 21.6 Å². The van der Waals surface area contributed by atoms with Gasteiger partial charge in [-0.3, -0.25) is 4.72 Å². The lowest BCUT2D eigenvalue weighted by Crippen LogP contribution is -2.30. The van der Waals surface area contributed by atoms with Crippen LogP contribution in [-0.4, -0.2) is 41.1 Å². The standard InChI is InChI=1S/C18H22N2O5S2/c1-25-16-9-5-14(6-10-16)18-4-3-13-20(18)27(23,24)17-11-7-15(8-12-17)19-26(2,21)22/h5-12,18-19H,3-4,13H2,1-2H3/t18-/m1/s1. The molecule has 1 heterocycles. The molecule has 0 aromatic heterocycles. The first-order valence-corrected chi connectivity index (χ1v) is 11.8. The molecule has 0 spiro atoms. The Morgan fingerprint density at radius 2 is 1.63 bits per heavy atom. The second-order valence-electron chi connectivity index (χ2n) is 6.45. The maximum absolute atomic E-state index is 13.1. The van der Waals surface area contributed by atoms with Gasteiger partial charge in [0.15, 0.2) is 0 Å².